The van der Waals surface area contributed by atoms with Crippen LogP contribution in [0.1, 0.15) is 33.1 Å². The molecule has 1 heterocycles. The molecule has 100 valence electrons. The molecule has 1 atom stereocenters. The van der Waals surface area contributed by atoms with Crippen LogP contribution < -0.4 is 0 Å². The summed E-state index contributed by atoms with van der Waals surface area (Å²) < 4.78 is 5.26. The van der Waals surface area contributed by atoms with Crippen molar-refractivity contribution in [1.82, 2.24) is 4.90 Å². The van der Waals surface area contributed by atoms with E-state index in [1.807, 2.05) is 13.8 Å². The van der Waals surface area contributed by atoms with Gasteiger partial charge >= 0.3 is 5.97 Å². The molecule has 1 unspecified atom stereocenters. The largest absolute Gasteiger partial charge is 0.480 e. The van der Waals surface area contributed by atoms with Crippen molar-refractivity contribution < 1.29 is 19.7 Å². The number of carboxylic acids is 1. The molecule has 1 aliphatic heterocycles. The summed E-state index contributed by atoms with van der Waals surface area (Å²) in [5.74, 6) is -0.915. The quantitative estimate of drug-likeness (QED) is 0.721. The van der Waals surface area contributed by atoms with E-state index < -0.39 is 11.6 Å². The van der Waals surface area contributed by atoms with Gasteiger partial charge in [-0.1, -0.05) is 6.92 Å². The maximum Gasteiger partial charge on any atom is 0.329 e. The van der Waals surface area contributed by atoms with Gasteiger partial charge in [0.1, 0.15) is 6.61 Å². The van der Waals surface area contributed by atoms with Crippen molar-refractivity contribution >= 4 is 5.97 Å². The first-order chi connectivity index (χ1) is 7.93. The highest BCUT2D eigenvalue weighted by Crippen LogP contribution is 2.17. The molecule has 1 aliphatic rings. The standard InChI is InChI=1S/C12H23NO4/c1-3-12(2,16)9-13-6-4-10(5-7-13)17-8-11(14)15/h10,16H,3-9H2,1-2H3,(H,14,15). The fourth-order valence-electron chi connectivity index (χ4n) is 2.02. The number of aliphatic carboxylic acids is 1. The van der Waals surface area contributed by atoms with E-state index in [0.717, 1.165) is 32.4 Å². The fraction of sp³-hybridized carbons (Fsp3) is 0.917. The Morgan fingerprint density at radius 3 is 2.53 bits per heavy atom. The van der Waals surface area contributed by atoms with E-state index in [0.29, 0.717) is 6.54 Å². The third-order valence-corrected chi connectivity index (χ3v) is 3.30. The Labute approximate surface area is 102 Å². The maximum atomic E-state index is 10.4. The van der Waals surface area contributed by atoms with Gasteiger partial charge in [-0.3, -0.25) is 0 Å². The second-order valence-corrected chi connectivity index (χ2v) is 5.03. The Hall–Kier alpha value is -0.650. The number of piperidine rings is 1. The van der Waals surface area contributed by atoms with Gasteiger partial charge in [-0.25, -0.2) is 4.79 Å². The van der Waals surface area contributed by atoms with Crippen LogP contribution in [0.3, 0.4) is 0 Å². The Morgan fingerprint density at radius 1 is 1.47 bits per heavy atom. The molecule has 0 aliphatic carbocycles. The number of hydrogen-bond donors (Lipinski definition) is 2. The number of likely N-dealkylation sites (tertiary alicyclic amines) is 1. The molecular formula is C12H23NO4. The SMILES string of the molecule is CCC(C)(O)CN1CCC(OCC(=O)O)CC1. The fourth-order valence-corrected chi connectivity index (χ4v) is 2.02. The summed E-state index contributed by atoms with van der Waals surface area (Å²) in [5, 5.41) is 18.5. The first-order valence-corrected chi connectivity index (χ1v) is 6.21. The lowest BCUT2D eigenvalue weighted by atomic mass is 10.0. The summed E-state index contributed by atoms with van der Waals surface area (Å²) in [6.07, 6.45) is 2.47. The molecule has 5 heteroatoms. The number of rotatable bonds is 6. The average molecular weight is 245 g/mol. The van der Waals surface area contributed by atoms with Gasteiger partial charge in [0.15, 0.2) is 0 Å². The van der Waals surface area contributed by atoms with Crippen molar-refractivity contribution in [2.24, 2.45) is 0 Å². The van der Waals surface area contributed by atoms with Crippen LogP contribution in [0, 0.1) is 0 Å². The van der Waals surface area contributed by atoms with E-state index >= 15 is 0 Å². The Morgan fingerprint density at radius 2 is 2.06 bits per heavy atom. The second-order valence-electron chi connectivity index (χ2n) is 5.03. The molecular weight excluding hydrogens is 222 g/mol. The minimum atomic E-state index is -0.915. The predicted molar refractivity (Wildman–Crippen MR) is 64.0 cm³/mol. The van der Waals surface area contributed by atoms with E-state index in [9.17, 15) is 9.90 Å². The molecule has 17 heavy (non-hydrogen) atoms. The van der Waals surface area contributed by atoms with Gasteiger partial charge in [0, 0.05) is 19.6 Å². The Balaban J connectivity index is 2.24. The monoisotopic (exact) mass is 245 g/mol. The number of carbonyl (C=O) groups is 1. The summed E-state index contributed by atoms with van der Waals surface area (Å²) in [5.41, 5.74) is -0.630. The van der Waals surface area contributed by atoms with E-state index in [2.05, 4.69) is 4.90 Å². The Kier molecular flexibility index (Phi) is 5.36. The van der Waals surface area contributed by atoms with Crippen LogP contribution in [0.4, 0.5) is 0 Å². The molecule has 0 aromatic rings. The third kappa shape index (κ3) is 5.48. The zero-order chi connectivity index (χ0) is 12.9. The van der Waals surface area contributed by atoms with Crippen LogP contribution in [0.2, 0.25) is 0 Å². The molecule has 0 amide bonds. The Bertz CT molecular complexity index is 247. The third-order valence-electron chi connectivity index (χ3n) is 3.30. The molecule has 0 spiro atoms. The van der Waals surface area contributed by atoms with Gasteiger partial charge in [0.05, 0.1) is 11.7 Å². The summed E-state index contributed by atoms with van der Waals surface area (Å²) in [7, 11) is 0. The minimum Gasteiger partial charge on any atom is -0.480 e. The lowest BCUT2D eigenvalue weighted by Gasteiger charge is -2.36. The van der Waals surface area contributed by atoms with Crippen LogP contribution in [0.5, 0.6) is 0 Å². The van der Waals surface area contributed by atoms with Crippen molar-refractivity contribution in [1.29, 1.82) is 0 Å². The van der Waals surface area contributed by atoms with Gasteiger partial charge in [0.25, 0.3) is 0 Å². The van der Waals surface area contributed by atoms with E-state index in [1.165, 1.54) is 0 Å². The van der Waals surface area contributed by atoms with E-state index in [4.69, 9.17) is 9.84 Å². The molecule has 0 radical (unpaired) electrons. The smallest absolute Gasteiger partial charge is 0.329 e. The van der Waals surface area contributed by atoms with E-state index in [1.54, 1.807) is 0 Å². The molecule has 0 bridgehead atoms. The molecule has 0 aromatic heterocycles. The van der Waals surface area contributed by atoms with Crippen molar-refractivity contribution in [2.45, 2.75) is 44.8 Å². The van der Waals surface area contributed by atoms with E-state index in [-0.39, 0.29) is 12.7 Å². The highest BCUT2D eigenvalue weighted by atomic mass is 16.5. The van der Waals surface area contributed by atoms with Gasteiger partial charge in [-0.05, 0) is 26.2 Å². The number of hydrogen-bond acceptors (Lipinski definition) is 4. The van der Waals surface area contributed by atoms with Crippen molar-refractivity contribution in [3.63, 3.8) is 0 Å². The average Bonchev–Trinajstić information content (AvgIpc) is 2.28. The first-order valence-electron chi connectivity index (χ1n) is 6.21. The predicted octanol–water partition coefficient (Wildman–Crippen LogP) is 0.713. The van der Waals surface area contributed by atoms with Gasteiger partial charge in [0.2, 0.25) is 0 Å². The molecule has 1 rings (SSSR count). The number of ether oxygens (including phenoxy) is 1. The zero-order valence-corrected chi connectivity index (χ0v) is 10.7. The first kappa shape index (κ1) is 14.4. The molecule has 5 nitrogen and oxygen atoms in total. The number of aliphatic hydroxyl groups is 1. The number of nitrogens with zero attached hydrogens (tertiary/aromatic N) is 1. The molecule has 1 fully saturated rings. The zero-order valence-electron chi connectivity index (χ0n) is 10.7. The van der Waals surface area contributed by atoms with Crippen LogP contribution in [-0.4, -0.2) is 59.0 Å². The normalized spacial score (nSPS) is 22.3. The lowest BCUT2D eigenvalue weighted by Crippen LogP contribution is -2.45. The highest BCUT2D eigenvalue weighted by molar-refractivity contribution is 5.68. The van der Waals surface area contributed by atoms with Crippen molar-refractivity contribution in [3.05, 3.63) is 0 Å². The van der Waals surface area contributed by atoms with Gasteiger partial charge in [-0.2, -0.15) is 0 Å². The highest BCUT2D eigenvalue weighted by Gasteiger charge is 2.26. The number of carboxylic acid groups (broad SMARTS) is 1. The lowest BCUT2D eigenvalue weighted by molar-refractivity contribution is -0.145. The molecule has 0 aromatic carbocycles. The van der Waals surface area contributed by atoms with Gasteiger partial charge < -0.3 is 19.8 Å². The number of β-amino-alcohol motifs (C(OH)–C–C–N with tert-alkyl or cyclic N) is 1. The minimum absolute atomic E-state index is 0.0499. The molecule has 0 saturated carbocycles. The second kappa shape index (κ2) is 6.33. The summed E-state index contributed by atoms with van der Waals surface area (Å²) in [6, 6.07) is 0. The van der Waals surface area contributed by atoms with Crippen LogP contribution in [0.25, 0.3) is 0 Å². The van der Waals surface area contributed by atoms with Crippen molar-refractivity contribution in [3.8, 4) is 0 Å². The van der Waals surface area contributed by atoms with Crippen molar-refractivity contribution in [2.75, 3.05) is 26.2 Å². The summed E-state index contributed by atoms with van der Waals surface area (Å²) in [4.78, 5) is 12.6. The molecule has 2 N–H and O–H groups in total. The summed E-state index contributed by atoms with van der Waals surface area (Å²) in [6.45, 7) is 6.01. The van der Waals surface area contributed by atoms with Crippen LogP contribution in [-0.2, 0) is 9.53 Å². The maximum absolute atomic E-state index is 10.4. The molecule has 1 saturated heterocycles. The topological polar surface area (TPSA) is 70.0 Å². The van der Waals surface area contributed by atoms with Gasteiger partial charge in [-0.15, -0.1) is 0 Å². The van der Waals surface area contributed by atoms with Crippen LogP contribution in [0.15, 0.2) is 0 Å². The van der Waals surface area contributed by atoms with Crippen LogP contribution >= 0.6 is 0 Å². The summed E-state index contributed by atoms with van der Waals surface area (Å²) >= 11 is 0.